The number of carbonyl (C=O) groups is 1. The molecule has 0 aromatic carbocycles. The van der Waals surface area contributed by atoms with Crippen molar-refractivity contribution in [1.82, 2.24) is 4.98 Å². The van der Waals surface area contributed by atoms with Gasteiger partial charge in [0.05, 0.1) is 10.5 Å². The van der Waals surface area contributed by atoms with Crippen LogP contribution in [0.15, 0.2) is 12.3 Å². The molecule has 0 aliphatic carbocycles. The van der Waals surface area contributed by atoms with Gasteiger partial charge in [0.25, 0.3) is 0 Å². The number of rotatable bonds is 7. The molecule has 0 bridgehead atoms. The Morgan fingerprint density at radius 2 is 1.95 bits per heavy atom. The summed E-state index contributed by atoms with van der Waals surface area (Å²) < 4.78 is 0. The van der Waals surface area contributed by atoms with Gasteiger partial charge in [0.15, 0.2) is 0 Å². The average Bonchev–Trinajstić information content (AvgIpc) is 2.44. The van der Waals surface area contributed by atoms with Gasteiger partial charge in [-0.2, -0.15) is 0 Å². The molecule has 1 heterocycles. The van der Waals surface area contributed by atoms with E-state index >= 15 is 0 Å². The zero-order chi connectivity index (χ0) is 15.3. The summed E-state index contributed by atoms with van der Waals surface area (Å²) >= 11 is 0. The van der Waals surface area contributed by atoms with Gasteiger partial charge in [-0.3, -0.25) is 10.1 Å². The molecule has 0 saturated carbocycles. The lowest BCUT2D eigenvalue weighted by molar-refractivity contribution is -0.384. The highest BCUT2D eigenvalue weighted by molar-refractivity contribution is 5.88. The van der Waals surface area contributed by atoms with Crippen LogP contribution in [0, 0.1) is 10.1 Å². The summed E-state index contributed by atoms with van der Waals surface area (Å²) in [6.07, 6.45) is 3.50. The fourth-order valence-electron chi connectivity index (χ4n) is 2.07. The summed E-state index contributed by atoms with van der Waals surface area (Å²) in [5.74, 6) is -1.12. The first-order valence-electron chi connectivity index (χ1n) is 6.55. The first kappa shape index (κ1) is 15.9. The van der Waals surface area contributed by atoms with Crippen molar-refractivity contribution in [2.75, 3.05) is 5.32 Å². The largest absolute Gasteiger partial charge is 0.478 e. The monoisotopic (exact) mass is 281 g/mol. The van der Waals surface area contributed by atoms with Crippen molar-refractivity contribution in [3.05, 3.63) is 27.9 Å². The second kappa shape index (κ2) is 6.31. The number of carboxylic acid groups (broad SMARTS) is 1. The van der Waals surface area contributed by atoms with Crippen molar-refractivity contribution < 1.29 is 14.8 Å². The molecule has 0 aliphatic rings. The summed E-state index contributed by atoms with van der Waals surface area (Å²) in [5.41, 5.74) is -0.787. The molecule has 0 radical (unpaired) electrons. The second-order valence-corrected chi connectivity index (χ2v) is 4.62. The predicted molar refractivity (Wildman–Crippen MR) is 75.1 cm³/mol. The first-order valence-corrected chi connectivity index (χ1v) is 6.55. The van der Waals surface area contributed by atoms with Gasteiger partial charge < -0.3 is 10.4 Å². The van der Waals surface area contributed by atoms with E-state index in [0.717, 1.165) is 31.5 Å². The standard InChI is InChI=1S/C13H19N3O4/c1-4-13(5-2,6-3)15-11-10(16(19)20)7-9(8-14-11)12(17)18/h7-8H,4-6H2,1-3H3,(H,14,15)(H,17,18). The molecular weight excluding hydrogens is 262 g/mol. The van der Waals surface area contributed by atoms with Crippen LogP contribution < -0.4 is 5.32 Å². The maximum absolute atomic E-state index is 11.1. The van der Waals surface area contributed by atoms with E-state index in [9.17, 15) is 14.9 Å². The first-order chi connectivity index (χ1) is 9.39. The molecule has 1 aromatic heterocycles. The van der Waals surface area contributed by atoms with E-state index in [2.05, 4.69) is 10.3 Å². The zero-order valence-corrected chi connectivity index (χ0v) is 11.8. The van der Waals surface area contributed by atoms with Gasteiger partial charge in [-0.05, 0) is 19.3 Å². The lowest BCUT2D eigenvalue weighted by Gasteiger charge is -2.32. The number of nitrogens with zero attached hydrogens (tertiary/aromatic N) is 2. The lowest BCUT2D eigenvalue weighted by Crippen LogP contribution is -2.36. The Morgan fingerprint density at radius 1 is 1.40 bits per heavy atom. The van der Waals surface area contributed by atoms with E-state index in [1.54, 1.807) is 0 Å². The van der Waals surface area contributed by atoms with E-state index in [0.29, 0.717) is 0 Å². The third-order valence-corrected chi connectivity index (χ3v) is 3.73. The topological polar surface area (TPSA) is 105 Å². The number of nitrogens with one attached hydrogen (secondary N) is 1. The maximum atomic E-state index is 11.1. The van der Waals surface area contributed by atoms with Crippen LogP contribution in [0.4, 0.5) is 11.5 Å². The summed E-state index contributed by atoms with van der Waals surface area (Å²) in [5, 5.41) is 23.1. The van der Waals surface area contributed by atoms with Gasteiger partial charge in [-0.25, -0.2) is 9.78 Å². The third kappa shape index (κ3) is 3.23. The Kier molecular flexibility index (Phi) is 5.01. The highest BCUT2D eigenvalue weighted by atomic mass is 16.6. The molecule has 0 unspecified atom stereocenters. The van der Waals surface area contributed by atoms with Crippen molar-refractivity contribution in [2.45, 2.75) is 45.6 Å². The minimum absolute atomic E-state index is 0.116. The second-order valence-electron chi connectivity index (χ2n) is 4.62. The minimum Gasteiger partial charge on any atom is -0.478 e. The van der Waals surface area contributed by atoms with Crippen LogP contribution in [-0.4, -0.2) is 26.5 Å². The molecular formula is C13H19N3O4. The van der Waals surface area contributed by atoms with Crippen molar-refractivity contribution in [3.8, 4) is 0 Å². The lowest BCUT2D eigenvalue weighted by atomic mass is 9.90. The minimum atomic E-state index is -1.24. The SMILES string of the molecule is CCC(CC)(CC)Nc1ncc(C(=O)O)cc1[N+](=O)[O-]. The van der Waals surface area contributed by atoms with Crippen LogP contribution in [0.3, 0.4) is 0 Å². The van der Waals surface area contributed by atoms with E-state index < -0.39 is 10.9 Å². The van der Waals surface area contributed by atoms with Gasteiger partial charge in [0.2, 0.25) is 5.82 Å². The van der Waals surface area contributed by atoms with Crippen LogP contribution in [0.1, 0.15) is 50.4 Å². The smallest absolute Gasteiger partial charge is 0.337 e. The van der Waals surface area contributed by atoms with Gasteiger partial charge >= 0.3 is 11.7 Å². The molecule has 7 heteroatoms. The number of anilines is 1. The molecule has 0 amide bonds. The van der Waals surface area contributed by atoms with Crippen molar-refractivity contribution >= 4 is 17.5 Å². The van der Waals surface area contributed by atoms with E-state index in [4.69, 9.17) is 5.11 Å². The number of hydrogen-bond donors (Lipinski definition) is 2. The fourth-order valence-corrected chi connectivity index (χ4v) is 2.07. The van der Waals surface area contributed by atoms with Crippen LogP contribution in [0.5, 0.6) is 0 Å². The van der Waals surface area contributed by atoms with Gasteiger partial charge in [0, 0.05) is 17.8 Å². The summed E-state index contributed by atoms with van der Waals surface area (Å²) in [4.78, 5) is 25.2. The van der Waals surface area contributed by atoms with E-state index in [1.165, 1.54) is 0 Å². The van der Waals surface area contributed by atoms with Crippen LogP contribution in [-0.2, 0) is 0 Å². The summed E-state index contributed by atoms with van der Waals surface area (Å²) in [6.45, 7) is 5.99. The molecule has 20 heavy (non-hydrogen) atoms. The van der Waals surface area contributed by atoms with E-state index in [1.807, 2.05) is 20.8 Å². The number of hydrogen-bond acceptors (Lipinski definition) is 5. The molecule has 2 N–H and O–H groups in total. The third-order valence-electron chi connectivity index (χ3n) is 3.73. The number of aromatic carboxylic acids is 1. The van der Waals surface area contributed by atoms with Crippen LogP contribution in [0.25, 0.3) is 0 Å². The van der Waals surface area contributed by atoms with Crippen molar-refractivity contribution in [3.63, 3.8) is 0 Å². The molecule has 0 saturated heterocycles. The number of aromatic nitrogens is 1. The quantitative estimate of drug-likeness (QED) is 0.587. The number of carboxylic acids is 1. The fraction of sp³-hybridized carbons (Fsp3) is 0.538. The molecule has 0 spiro atoms. The maximum Gasteiger partial charge on any atom is 0.337 e. The molecule has 0 fully saturated rings. The van der Waals surface area contributed by atoms with Crippen molar-refractivity contribution in [2.24, 2.45) is 0 Å². The Morgan fingerprint density at radius 3 is 2.35 bits per heavy atom. The number of nitro groups is 1. The Hall–Kier alpha value is -2.18. The number of pyridine rings is 1. The molecule has 0 aliphatic heterocycles. The Bertz CT molecular complexity index is 504. The molecule has 110 valence electrons. The summed E-state index contributed by atoms with van der Waals surface area (Å²) in [7, 11) is 0. The highest BCUT2D eigenvalue weighted by Crippen LogP contribution is 2.30. The van der Waals surface area contributed by atoms with E-state index in [-0.39, 0.29) is 22.6 Å². The normalized spacial score (nSPS) is 11.2. The summed E-state index contributed by atoms with van der Waals surface area (Å²) in [6, 6.07) is 1.03. The van der Waals surface area contributed by atoms with Crippen molar-refractivity contribution in [1.29, 1.82) is 0 Å². The van der Waals surface area contributed by atoms with Crippen LogP contribution in [0.2, 0.25) is 0 Å². The molecule has 0 atom stereocenters. The average molecular weight is 281 g/mol. The van der Waals surface area contributed by atoms with Gasteiger partial charge in [-0.1, -0.05) is 20.8 Å². The Balaban J connectivity index is 3.24. The van der Waals surface area contributed by atoms with Gasteiger partial charge in [0.1, 0.15) is 0 Å². The Labute approximate surface area is 117 Å². The zero-order valence-electron chi connectivity index (χ0n) is 11.8. The van der Waals surface area contributed by atoms with Crippen LogP contribution >= 0.6 is 0 Å². The molecule has 1 rings (SSSR count). The molecule has 7 nitrogen and oxygen atoms in total. The highest BCUT2D eigenvalue weighted by Gasteiger charge is 2.28. The molecule has 1 aromatic rings. The predicted octanol–water partition coefficient (Wildman–Crippen LogP) is 3.07. The van der Waals surface area contributed by atoms with Gasteiger partial charge in [-0.15, -0.1) is 0 Å².